The lowest BCUT2D eigenvalue weighted by atomic mass is 9.63. The molecule has 0 amide bonds. The van der Waals surface area contributed by atoms with Crippen molar-refractivity contribution in [1.29, 1.82) is 0 Å². The molecule has 3 rings (SSSR count). The van der Waals surface area contributed by atoms with Gasteiger partial charge in [0.05, 0.1) is 11.3 Å². The zero-order valence-corrected chi connectivity index (χ0v) is 9.75. The predicted molar refractivity (Wildman–Crippen MR) is 61.8 cm³/mol. The van der Waals surface area contributed by atoms with E-state index in [1.165, 1.54) is 6.42 Å². The lowest BCUT2D eigenvalue weighted by Crippen LogP contribution is -2.60. The van der Waals surface area contributed by atoms with E-state index < -0.39 is 23.2 Å². The molecule has 1 N–H and O–H groups in total. The van der Waals surface area contributed by atoms with Crippen molar-refractivity contribution in [2.24, 2.45) is 5.41 Å². The third-order valence-electron chi connectivity index (χ3n) is 4.07. The Morgan fingerprint density at radius 1 is 1.22 bits per heavy atom. The zero-order chi connectivity index (χ0) is 12.9. The highest BCUT2D eigenvalue weighted by Crippen LogP contribution is 2.49. The van der Waals surface area contributed by atoms with Crippen LogP contribution >= 0.6 is 0 Å². The van der Waals surface area contributed by atoms with E-state index in [0.717, 1.165) is 32.0 Å². The lowest BCUT2D eigenvalue weighted by Gasteiger charge is -2.57. The molecule has 1 heterocycles. The van der Waals surface area contributed by atoms with E-state index in [4.69, 9.17) is 5.11 Å². The number of hydrogen-bond acceptors (Lipinski definition) is 2. The second kappa shape index (κ2) is 3.67. The predicted octanol–water partition coefficient (Wildman–Crippen LogP) is 2.65. The summed E-state index contributed by atoms with van der Waals surface area (Å²) < 4.78 is 26.9. The summed E-state index contributed by atoms with van der Waals surface area (Å²) in [5.74, 6) is -3.08. The van der Waals surface area contributed by atoms with Crippen molar-refractivity contribution in [2.45, 2.75) is 19.3 Å². The van der Waals surface area contributed by atoms with Crippen LogP contribution in [0.1, 0.15) is 29.6 Å². The van der Waals surface area contributed by atoms with Crippen LogP contribution < -0.4 is 4.90 Å². The Hall–Kier alpha value is -1.65. The van der Waals surface area contributed by atoms with Crippen molar-refractivity contribution in [2.75, 3.05) is 18.0 Å². The van der Waals surface area contributed by atoms with Gasteiger partial charge in [0.25, 0.3) is 0 Å². The molecular formula is C13H13F2NO2. The number of anilines is 1. The fraction of sp³-hybridized carbons (Fsp3) is 0.462. The van der Waals surface area contributed by atoms with Crippen LogP contribution in [0.25, 0.3) is 0 Å². The van der Waals surface area contributed by atoms with E-state index >= 15 is 0 Å². The Kier molecular flexibility index (Phi) is 2.33. The van der Waals surface area contributed by atoms with Gasteiger partial charge in [0.15, 0.2) is 0 Å². The van der Waals surface area contributed by atoms with Gasteiger partial charge in [-0.25, -0.2) is 13.6 Å². The maximum atomic E-state index is 13.7. The number of halogens is 2. The molecule has 1 aromatic carbocycles. The standard InChI is InChI=1S/C13H13F2NO2/c14-9-5-10(15)11(4-8(9)12(17)18)16-6-13(7-16)2-1-3-13/h4-5H,1-3,6-7H2,(H,17,18). The molecule has 0 atom stereocenters. The maximum Gasteiger partial charge on any atom is 0.338 e. The molecule has 1 aromatic rings. The highest BCUT2D eigenvalue weighted by molar-refractivity contribution is 5.89. The molecular weight excluding hydrogens is 240 g/mol. The molecule has 1 aliphatic carbocycles. The Balaban J connectivity index is 1.88. The molecule has 0 bridgehead atoms. The number of carboxylic acid groups (broad SMARTS) is 1. The van der Waals surface area contributed by atoms with Gasteiger partial charge in [0.2, 0.25) is 0 Å². The summed E-state index contributed by atoms with van der Waals surface area (Å²) in [4.78, 5) is 12.6. The average Bonchev–Trinajstić information content (AvgIpc) is 2.15. The molecule has 0 aromatic heterocycles. The van der Waals surface area contributed by atoms with E-state index in [-0.39, 0.29) is 5.69 Å². The SMILES string of the molecule is O=C(O)c1cc(N2CC3(CCC3)C2)c(F)cc1F. The molecule has 1 saturated carbocycles. The van der Waals surface area contributed by atoms with Gasteiger partial charge in [0.1, 0.15) is 11.6 Å². The molecule has 1 saturated heterocycles. The van der Waals surface area contributed by atoms with Crippen LogP contribution in [0.3, 0.4) is 0 Å². The van der Waals surface area contributed by atoms with Crippen LogP contribution in [-0.2, 0) is 0 Å². The first-order valence-electron chi connectivity index (χ1n) is 5.98. The molecule has 1 aliphatic heterocycles. The lowest BCUT2D eigenvalue weighted by molar-refractivity contribution is 0.0691. The summed E-state index contributed by atoms with van der Waals surface area (Å²) in [5, 5.41) is 8.83. The molecule has 18 heavy (non-hydrogen) atoms. The van der Waals surface area contributed by atoms with Crippen LogP contribution in [-0.4, -0.2) is 24.2 Å². The minimum atomic E-state index is -1.37. The van der Waals surface area contributed by atoms with Crippen LogP contribution in [0.4, 0.5) is 14.5 Å². The van der Waals surface area contributed by atoms with Gasteiger partial charge >= 0.3 is 5.97 Å². The van der Waals surface area contributed by atoms with Crippen LogP contribution in [0, 0.1) is 17.0 Å². The Morgan fingerprint density at radius 2 is 1.89 bits per heavy atom. The molecule has 3 nitrogen and oxygen atoms in total. The summed E-state index contributed by atoms with van der Waals surface area (Å²) in [6, 6.07) is 1.75. The van der Waals surface area contributed by atoms with Gasteiger partial charge in [-0.3, -0.25) is 0 Å². The first kappa shape index (κ1) is 11.4. The number of hydrogen-bond donors (Lipinski definition) is 1. The highest BCUT2D eigenvalue weighted by Gasteiger charge is 2.47. The van der Waals surface area contributed by atoms with Crippen molar-refractivity contribution in [3.8, 4) is 0 Å². The molecule has 2 aliphatic rings. The molecule has 5 heteroatoms. The summed E-state index contributed by atoms with van der Waals surface area (Å²) in [6.45, 7) is 1.49. The monoisotopic (exact) mass is 253 g/mol. The number of aromatic carboxylic acids is 1. The van der Waals surface area contributed by atoms with Crippen molar-refractivity contribution >= 4 is 11.7 Å². The second-order valence-corrected chi connectivity index (χ2v) is 5.30. The number of carboxylic acids is 1. The van der Waals surface area contributed by atoms with E-state index in [2.05, 4.69) is 0 Å². The number of rotatable bonds is 2. The van der Waals surface area contributed by atoms with Gasteiger partial charge in [-0.05, 0) is 18.9 Å². The largest absolute Gasteiger partial charge is 0.478 e. The van der Waals surface area contributed by atoms with Crippen LogP contribution in [0.15, 0.2) is 12.1 Å². The Labute approximate surface area is 103 Å². The van der Waals surface area contributed by atoms with Crippen molar-refractivity contribution in [1.82, 2.24) is 0 Å². The first-order chi connectivity index (χ1) is 8.51. The molecule has 2 fully saturated rings. The third kappa shape index (κ3) is 1.57. The smallest absolute Gasteiger partial charge is 0.338 e. The maximum absolute atomic E-state index is 13.7. The van der Waals surface area contributed by atoms with Gasteiger partial charge in [-0.1, -0.05) is 6.42 Å². The van der Waals surface area contributed by atoms with Crippen LogP contribution in [0.2, 0.25) is 0 Å². The molecule has 0 unspecified atom stereocenters. The van der Waals surface area contributed by atoms with E-state index in [9.17, 15) is 13.6 Å². The summed E-state index contributed by atoms with van der Waals surface area (Å²) >= 11 is 0. The number of nitrogens with zero attached hydrogens (tertiary/aromatic N) is 1. The minimum absolute atomic E-state index is 0.200. The van der Waals surface area contributed by atoms with Gasteiger partial charge in [0, 0.05) is 24.6 Å². The zero-order valence-electron chi connectivity index (χ0n) is 9.75. The Morgan fingerprint density at radius 3 is 2.39 bits per heavy atom. The molecule has 0 radical (unpaired) electrons. The van der Waals surface area contributed by atoms with Crippen molar-refractivity contribution in [3.63, 3.8) is 0 Å². The fourth-order valence-electron chi connectivity index (χ4n) is 2.87. The Bertz CT molecular complexity index is 518. The molecule has 1 spiro atoms. The quantitative estimate of drug-likeness (QED) is 0.880. The van der Waals surface area contributed by atoms with Gasteiger partial charge in [-0.2, -0.15) is 0 Å². The van der Waals surface area contributed by atoms with Crippen molar-refractivity contribution in [3.05, 3.63) is 29.3 Å². The van der Waals surface area contributed by atoms with Crippen molar-refractivity contribution < 1.29 is 18.7 Å². The second-order valence-electron chi connectivity index (χ2n) is 5.30. The number of carbonyl (C=O) groups is 1. The topological polar surface area (TPSA) is 40.5 Å². The van der Waals surface area contributed by atoms with Gasteiger partial charge < -0.3 is 10.0 Å². The minimum Gasteiger partial charge on any atom is -0.478 e. The van der Waals surface area contributed by atoms with E-state index in [1.54, 1.807) is 4.90 Å². The first-order valence-corrected chi connectivity index (χ1v) is 5.98. The number of benzene rings is 1. The fourth-order valence-corrected chi connectivity index (χ4v) is 2.87. The average molecular weight is 253 g/mol. The van der Waals surface area contributed by atoms with Crippen LogP contribution in [0.5, 0.6) is 0 Å². The highest BCUT2D eigenvalue weighted by atomic mass is 19.1. The van der Waals surface area contributed by atoms with Gasteiger partial charge in [-0.15, -0.1) is 0 Å². The summed E-state index contributed by atoms with van der Waals surface area (Å²) in [6.07, 6.45) is 3.51. The summed E-state index contributed by atoms with van der Waals surface area (Å²) in [5.41, 5.74) is 0.0387. The normalized spacial score (nSPS) is 20.4. The molecule has 96 valence electrons. The van der Waals surface area contributed by atoms with E-state index in [1.807, 2.05) is 0 Å². The summed E-state index contributed by atoms with van der Waals surface area (Å²) in [7, 11) is 0. The third-order valence-corrected chi connectivity index (χ3v) is 4.07. The van der Waals surface area contributed by atoms with E-state index in [0.29, 0.717) is 11.5 Å².